The van der Waals surface area contributed by atoms with Gasteiger partial charge in [0.15, 0.2) is 11.5 Å². The predicted molar refractivity (Wildman–Crippen MR) is 86.1 cm³/mol. The van der Waals surface area contributed by atoms with Gasteiger partial charge in [0.05, 0.1) is 6.20 Å². The van der Waals surface area contributed by atoms with Crippen LogP contribution < -0.4 is 5.73 Å². The van der Waals surface area contributed by atoms with Gasteiger partial charge in [-0.3, -0.25) is 0 Å². The molecule has 0 aliphatic rings. The maximum Gasteiger partial charge on any atom is 0.185 e. The van der Waals surface area contributed by atoms with Gasteiger partial charge in [-0.25, -0.2) is 4.52 Å². The van der Waals surface area contributed by atoms with Crippen molar-refractivity contribution in [3.63, 3.8) is 0 Å². The largest absolute Gasteiger partial charge is 0.380 e. The van der Waals surface area contributed by atoms with Crippen molar-refractivity contribution in [3.05, 3.63) is 66.9 Å². The zero-order valence-electron chi connectivity index (χ0n) is 11.7. The van der Waals surface area contributed by atoms with Crippen molar-refractivity contribution >= 4 is 11.5 Å². The molecule has 0 aliphatic carbocycles. The zero-order chi connectivity index (χ0) is 14.9. The molecular weight excluding hydrogens is 274 g/mol. The third-order valence-electron chi connectivity index (χ3n) is 3.58. The summed E-state index contributed by atoms with van der Waals surface area (Å²) in [5, 5.41) is 12.8. The average molecular weight is 287 g/mol. The molecule has 5 nitrogen and oxygen atoms in total. The fraction of sp³-hybridized carbons (Fsp3) is 0. The number of nitrogens with two attached hydrogens (primary N) is 1. The molecule has 5 heteroatoms. The molecule has 0 bridgehead atoms. The van der Waals surface area contributed by atoms with E-state index in [9.17, 15) is 0 Å². The van der Waals surface area contributed by atoms with Crippen molar-refractivity contribution in [2.24, 2.45) is 0 Å². The first-order valence-corrected chi connectivity index (χ1v) is 6.95. The van der Waals surface area contributed by atoms with Gasteiger partial charge in [0.25, 0.3) is 0 Å². The van der Waals surface area contributed by atoms with Gasteiger partial charge in [0, 0.05) is 11.1 Å². The van der Waals surface area contributed by atoms with Gasteiger partial charge in [-0.2, -0.15) is 5.10 Å². The number of aromatic nitrogens is 4. The van der Waals surface area contributed by atoms with E-state index in [4.69, 9.17) is 5.73 Å². The van der Waals surface area contributed by atoms with Crippen LogP contribution in [0.15, 0.2) is 66.9 Å². The molecule has 2 N–H and O–H groups in total. The Morgan fingerprint density at radius 2 is 1.41 bits per heavy atom. The molecule has 0 spiro atoms. The molecule has 4 rings (SSSR count). The van der Waals surface area contributed by atoms with Crippen LogP contribution in [0.5, 0.6) is 0 Å². The Bertz CT molecular complexity index is 929. The maximum atomic E-state index is 6.03. The SMILES string of the molecule is Nc1nnc2c(-c3ccccc3)cnn2c1-c1ccccc1. The van der Waals surface area contributed by atoms with E-state index in [0.29, 0.717) is 11.5 Å². The minimum Gasteiger partial charge on any atom is -0.380 e. The summed E-state index contributed by atoms with van der Waals surface area (Å²) >= 11 is 0. The molecule has 0 aliphatic heterocycles. The Balaban J connectivity index is 2.00. The van der Waals surface area contributed by atoms with Crippen molar-refractivity contribution in [2.75, 3.05) is 5.73 Å². The Morgan fingerprint density at radius 3 is 2.09 bits per heavy atom. The van der Waals surface area contributed by atoms with Crippen LogP contribution in [0.25, 0.3) is 28.0 Å². The van der Waals surface area contributed by atoms with Gasteiger partial charge in [-0.1, -0.05) is 60.7 Å². The number of nitrogen functional groups attached to an aromatic ring is 1. The number of hydrogen-bond acceptors (Lipinski definition) is 4. The van der Waals surface area contributed by atoms with E-state index in [0.717, 1.165) is 22.4 Å². The highest BCUT2D eigenvalue weighted by molar-refractivity contribution is 5.80. The second-order valence-electron chi connectivity index (χ2n) is 4.96. The summed E-state index contributed by atoms with van der Waals surface area (Å²) in [5.41, 5.74) is 10.4. The molecule has 0 unspecified atom stereocenters. The van der Waals surface area contributed by atoms with E-state index in [1.807, 2.05) is 60.7 Å². The van der Waals surface area contributed by atoms with E-state index in [-0.39, 0.29) is 0 Å². The van der Waals surface area contributed by atoms with Crippen LogP contribution in [0.1, 0.15) is 0 Å². The average Bonchev–Trinajstić information content (AvgIpc) is 3.00. The summed E-state index contributed by atoms with van der Waals surface area (Å²) in [7, 11) is 0. The minimum atomic E-state index is 0.362. The first kappa shape index (κ1) is 12.5. The molecule has 0 saturated heterocycles. The van der Waals surface area contributed by atoms with Crippen LogP contribution in [0, 0.1) is 0 Å². The second-order valence-corrected chi connectivity index (χ2v) is 4.96. The van der Waals surface area contributed by atoms with Crippen molar-refractivity contribution in [2.45, 2.75) is 0 Å². The first-order chi connectivity index (χ1) is 10.8. The monoisotopic (exact) mass is 287 g/mol. The molecule has 0 fully saturated rings. The number of benzene rings is 2. The van der Waals surface area contributed by atoms with Gasteiger partial charge in [0.1, 0.15) is 5.69 Å². The van der Waals surface area contributed by atoms with Crippen LogP contribution in [0.2, 0.25) is 0 Å². The Hall–Kier alpha value is -3.21. The highest BCUT2D eigenvalue weighted by atomic mass is 15.3. The van der Waals surface area contributed by atoms with Gasteiger partial charge in [0.2, 0.25) is 0 Å². The molecule has 2 aromatic carbocycles. The van der Waals surface area contributed by atoms with Gasteiger partial charge < -0.3 is 5.73 Å². The molecule has 0 amide bonds. The second kappa shape index (κ2) is 4.96. The maximum absolute atomic E-state index is 6.03. The number of rotatable bonds is 2. The van der Waals surface area contributed by atoms with E-state index >= 15 is 0 Å². The Labute approximate surface area is 127 Å². The summed E-state index contributed by atoms with van der Waals surface area (Å²) in [6.45, 7) is 0. The quantitative estimate of drug-likeness (QED) is 0.615. The van der Waals surface area contributed by atoms with Crippen LogP contribution in [0.4, 0.5) is 5.82 Å². The van der Waals surface area contributed by atoms with E-state index in [1.165, 1.54) is 0 Å². The lowest BCUT2D eigenvalue weighted by atomic mass is 10.1. The Kier molecular flexibility index (Phi) is 2.83. The molecule has 22 heavy (non-hydrogen) atoms. The third-order valence-corrected chi connectivity index (χ3v) is 3.58. The zero-order valence-corrected chi connectivity index (χ0v) is 11.7. The summed E-state index contributed by atoms with van der Waals surface area (Å²) < 4.78 is 1.75. The van der Waals surface area contributed by atoms with E-state index < -0.39 is 0 Å². The highest BCUT2D eigenvalue weighted by Crippen LogP contribution is 2.28. The van der Waals surface area contributed by atoms with E-state index in [2.05, 4.69) is 15.3 Å². The normalized spacial score (nSPS) is 10.9. The van der Waals surface area contributed by atoms with E-state index in [1.54, 1.807) is 10.7 Å². The molecule has 0 atom stereocenters. The standard InChI is InChI=1S/C17H13N5/c18-16-15(13-9-5-2-6-10-13)22-17(21-20-16)14(11-19-22)12-7-3-1-4-8-12/h1-11H,18H2. The summed E-state index contributed by atoms with van der Waals surface area (Å²) in [4.78, 5) is 0. The smallest absolute Gasteiger partial charge is 0.185 e. The van der Waals surface area contributed by atoms with Gasteiger partial charge in [-0.05, 0) is 5.56 Å². The number of fused-ring (bicyclic) bond motifs is 1. The molecule has 106 valence electrons. The predicted octanol–water partition coefficient (Wildman–Crippen LogP) is 3.04. The number of anilines is 1. The molecule has 2 heterocycles. The van der Waals surface area contributed by atoms with Crippen molar-refractivity contribution in [1.82, 2.24) is 19.8 Å². The van der Waals surface area contributed by atoms with Crippen LogP contribution in [-0.4, -0.2) is 19.8 Å². The lowest BCUT2D eigenvalue weighted by Gasteiger charge is -2.07. The van der Waals surface area contributed by atoms with Crippen molar-refractivity contribution in [3.8, 4) is 22.4 Å². The number of hydrogen-bond donors (Lipinski definition) is 1. The molecular formula is C17H13N5. The topological polar surface area (TPSA) is 69.1 Å². The van der Waals surface area contributed by atoms with Gasteiger partial charge >= 0.3 is 0 Å². The fourth-order valence-corrected chi connectivity index (χ4v) is 2.55. The third kappa shape index (κ3) is 1.91. The summed E-state index contributed by atoms with van der Waals surface area (Å²) in [5.74, 6) is 0.362. The fourth-order valence-electron chi connectivity index (χ4n) is 2.55. The first-order valence-electron chi connectivity index (χ1n) is 6.95. The van der Waals surface area contributed by atoms with Gasteiger partial charge in [-0.15, -0.1) is 10.2 Å². The summed E-state index contributed by atoms with van der Waals surface area (Å²) in [6.07, 6.45) is 1.80. The lowest BCUT2D eigenvalue weighted by molar-refractivity contribution is 0.905. The lowest BCUT2D eigenvalue weighted by Crippen LogP contribution is -2.05. The molecule has 4 aromatic rings. The Morgan fingerprint density at radius 1 is 0.773 bits per heavy atom. The van der Waals surface area contributed by atoms with Crippen molar-refractivity contribution in [1.29, 1.82) is 0 Å². The van der Waals surface area contributed by atoms with Crippen molar-refractivity contribution < 1.29 is 0 Å². The van der Waals surface area contributed by atoms with Crippen LogP contribution in [0.3, 0.4) is 0 Å². The van der Waals surface area contributed by atoms with Crippen LogP contribution in [-0.2, 0) is 0 Å². The highest BCUT2D eigenvalue weighted by Gasteiger charge is 2.15. The molecule has 0 radical (unpaired) electrons. The van der Waals surface area contributed by atoms with Crippen LogP contribution >= 0.6 is 0 Å². The minimum absolute atomic E-state index is 0.362. The number of nitrogens with zero attached hydrogens (tertiary/aromatic N) is 4. The summed E-state index contributed by atoms with van der Waals surface area (Å²) in [6, 6.07) is 19.9. The molecule has 0 saturated carbocycles. The molecule has 2 aromatic heterocycles.